The average Bonchev–Trinajstić information content (AvgIpc) is 2.83. The molecule has 4 nitrogen and oxygen atoms in total. The molecule has 0 bridgehead atoms. The molecule has 1 aliphatic heterocycles. The van der Waals surface area contributed by atoms with E-state index < -0.39 is 5.54 Å². The molecule has 1 fully saturated rings. The number of hydrogen-bond acceptors (Lipinski definition) is 5. The number of nitrogens with one attached hydrogen (secondary N) is 1. The van der Waals surface area contributed by atoms with Gasteiger partial charge in [0.1, 0.15) is 5.54 Å². The fraction of sp³-hybridized carbons (Fsp3) is 0.917. The summed E-state index contributed by atoms with van der Waals surface area (Å²) in [5.74, 6) is 1.76. The Hall–Kier alpha value is -0.260. The molecule has 17 heavy (non-hydrogen) atoms. The van der Waals surface area contributed by atoms with E-state index in [1.807, 2.05) is 11.8 Å². The zero-order valence-electron chi connectivity index (χ0n) is 11.1. The third kappa shape index (κ3) is 3.86. The quantitative estimate of drug-likeness (QED) is 0.691. The van der Waals surface area contributed by atoms with Gasteiger partial charge in [0.2, 0.25) is 0 Å². The van der Waals surface area contributed by atoms with Gasteiger partial charge in [-0.05, 0) is 25.3 Å². The van der Waals surface area contributed by atoms with Crippen molar-refractivity contribution in [2.75, 3.05) is 44.8 Å². The Morgan fingerprint density at radius 1 is 1.47 bits per heavy atom. The van der Waals surface area contributed by atoms with Crippen molar-refractivity contribution in [3.05, 3.63) is 0 Å². The molecule has 0 aliphatic carbocycles. The summed E-state index contributed by atoms with van der Waals surface area (Å²) in [5.41, 5.74) is -0.438. The molecule has 1 rings (SSSR count). The van der Waals surface area contributed by atoms with E-state index in [0.29, 0.717) is 0 Å². The van der Waals surface area contributed by atoms with Crippen LogP contribution in [0.2, 0.25) is 0 Å². The second kappa shape index (κ2) is 7.24. The molecule has 1 heterocycles. The lowest BCUT2D eigenvalue weighted by atomic mass is 9.99. The van der Waals surface area contributed by atoms with E-state index in [-0.39, 0.29) is 5.97 Å². The predicted octanol–water partition coefficient (Wildman–Crippen LogP) is 0.966. The molecule has 1 atom stereocenters. The van der Waals surface area contributed by atoms with E-state index in [9.17, 15) is 4.79 Å². The Morgan fingerprint density at radius 2 is 2.18 bits per heavy atom. The molecule has 1 aliphatic rings. The van der Waals surface area contributed by atoms with E-state index in [2.05, 4.69) is 24.1 Å². The van der Waals surface area contributed by atoms with E-state index in [1.165, 1.54) is 7.11 Å². The Bertz CT molecular complexity index is 239. The van der Waals surface area contributed by atoms with Crippen molar-refractivity contribution < 1.29 is 9.53 Å². The van der Waals surface area contributed by atoms with Crippen molar-refractivity contribution in [2.45, 2.75) is 25.8 Å². The summed E-state index contributed by atoms with van der Waals surface area (Å²) in [7, 11) is 1.47. The van der Waals surface area contributed by atoms with Gasteiger partial charge in [-0.2, -0.15) is 11.8 Å². The van der Waals surface area contributed by atoms with Crippen molar-refractivity contribution in [3.8, 4) is 0 Å². The van der Waals surface area contributed by atoms with Gasteiger partial charge in [0.25, 0.3) is 0 Å². The first kappa shape index (κ1) is 14.8. The smallest absolute Gasteiger partial charge is 0.326 e. The minimum Gasteiger partial charge on any atom is -0.468 e. The molecule has 1 unspecified atom stereocenters. The minimum atomic E-state index is -0.438. The Morgan fingerprint density at radius 3 is 2.65 bits per heavy atom. The molecule has 0 aromatic rings. The highest BCUT2D eigenvalue weighted by Crippen LogP contribution is 2.28. The molecular formula is C12H24N2O2S. The topological polar surface area (TPSA) is 41.6 Å². The maximum Gasteiger partial charge on any atom is 0.326 e. The fourth-order valence-electron chi connectivity index (χ4n) is 2.13. The third-order valence-electron chi connectivity index (χ3n) is 3.38. The second-order valence-electron chi connectivity index (χ2n) is 4.33. The van der Waals surface area contributed by atoms with Crippen molar-refractivity contribution >= 4 is 17.7 Å². The Kier molecular flexibility index (Phi) is 6.30. The summed E-state index contributed by atoms with van der Waals surface area (Å²) in [5, 5.41) is 3.41. The monoisotopic (exact) mass is 260 g/mol. The van der Waals surface area contributed by atoms with Crippen LogP contribution in [0.15, 0.2) is 0 Å². The maximum absolute atomic E-state index is 11.8. The van der Waals surface area contributed by atoms with Crippen LogP contribution in [0, 0.1) is 0 Å². The van der Waals surface area contributed by atoms with Crippen LogP contribution in [-0.2, 0) is 9.53 Å². The summed E-state index contributed by atoms with van der Waals surface area (Å²) in [6.45, 7) is 8.25. The van der Waals surface area contributed by atoms with E-state index in [4.69, 9.17) is 4.74 Å². The number of esters is 1. The molecule has 0 aromatic heterocycles. The van der Waals surface area contributed by atoms with Crippen LogP contribution in [-0.4, -0.2) is 61.2 Å². The van der Waals surface area contributed by atoms with Crippen LogP contribution in [0.1, 0.15) is 20.3 Å². The van der Waals surface area contributed by atoms with Gasteiger partial charge in [0.15, 0.2) is 0 Å². The zero-order valence-corrected chi connectivity index (χ0v) is 11.9. The Labute approximate surface area is 108 Å². The number of carbonyl (C=O) groups is 1. The van der Waals surface area contributed by atoms with Gasteiger partial charge in [-0.1, -0.05) is 13.8 Å². The first-order chi connectivity index (χ1) is 8.18. The van der Waals surface area contributed by atoms with Gasteiger partial charge in [-0.15, -0.1) is 0 Å². The highest BCUT2D eigenvalue weighted by Gasteiger charge is 2.42. The highest BCUT2D eigenvalue weighted by atomic mass is 32.2. The maximum atomic E-state index is 11.8. The van der Waals surface area contributed by atoms with Crippen molar-refractivity contribution in [3.63, 3.8) is 0 Å². The molecule has 0 saturated carbocycles. The number of hydrogen-bond donors (Lipinski definition) is 1. The molecule has 0 spiro atoms. The van der Waals surface area contributed by atoms with Crippen molar-refractivity contribution in [2.24, 2.45) is 0 Å². The number of thioether (sulfide) groups is 1. The summed E-state index contributed by atoms with van der Waals surface area (Å²) in [4.78, 5) is 14.2. The predicted molar refractivity (Wildman–Crippen MR) is 72.5 cm³/mol. The van der Waals surface area contributed by atoms with Crippen LogP contribution >= 0.6 is 11.8 Å². The highest BCUT2D eigenvalue weighted by molar-refractivity contribution is 7.99. The van der Waals surface area contributed by atoms with E-state index in [0.717, 1.165) is 44.1 Å². The number of methoxy groups -OCH3 is 1. The molecule has 100 valence electrons. The second-order valence-corrected chi connectivity index (χ2v) is 5.44. The number of nitrogens with zero attached hydrogens (tertiary/aromatic N) is 1. The lowest BCUT2D eigenvalue weighted by Gasteiger charge is -2.28. The van der Waals surface area contributed by atoms with Crippen LogP contribution < -0.4 is 5.32 Å². The molecule has 0 amide bonds. The minimum absolute atomic E-state index is 0.109. The van der Waals surface area contributed by atoms with Gasteiger partial charge >= 0.3 is 5.97 Å². The zero-order chi connectivity index (χ0) is 12.7. The van der Waals surface area contributed by atoms with Crippen LogP contribution in [0.5, 0.6) is 0 Å². The first-order valence-electron chi connectivity index (χ1n) is 6.32. The summed E-state index contributed by atoms with van der Waals surface area (Å²) < 4.78 is 4.92. The standard InChI is InChI=1S/C12H24N2O2S/c1-4-14(5-2)8-7-13-12(11(15)16-3)6-9-17-10-12/h13H,4-10H2,1-3H3. The summed E-state index contributed by atoms with van der Waals surface area (Å²) >= 11 is 1.82. The lowest BCUT2D eigenvalue weighted by Crippen LogP contribution is -2.54. The van der Waals surface area contributed by atoms with E-state index in [1.54, 1.807) is 0 Å². The van der Waals surface area contributed by atoms with E-state index >= 15 is 0 Å². The number of carbonyl (C=O) groups excluding carboxylic acids is 1. The van der Waals surface area contributed by atoms with Crippen LogP contribution in [0.4, 0.5) is 0 Å². The number of ether oxygens (including phenoxy) is 1. The first-order valence-corrected chi connectivity index (χ1v) is 7.47. The largest absolute Gasteiger partial charge is 0.468 e. The molecule has 5 heteroatoms. The fourth-order valence-corrected chi connectivity index (χ4v) is 3.48. The average molecular weight is 260 g/mol. The summed E-state index contributed by atoms with van der Waals surface area (Å²) in [6, 6.07) is 0. The van der Waals surface area contributed by atoms with Gasteiger partial charge in [-0.25, -0.2) is 0 Å². The van der Waals surface area contributed by atoms with Gasteiger partial charge in [-0.3, -0.25) is 10.1 Å². The van der Waals surface area contributed by atoms with Gasteiger partial charge < -0.3 is 9.64 Å². The lowest BCUT2D eigenvalue weighted by molar-refractivity contribution is -0.147. The summed E-state index contributed by atoms with van der Waals surface area (Å²) in [6.07, 6.45) is 0.878. The van der Waals surface area contributed by atoms with Crippen LogP contribution in [0.3, 0.4) is 0 Å². The van der Waals surface area contributed by atoms with Crippen LogP contribution in [0.25, 0.3) is 0 Å². The SMILES string of the molecule is CCN(CC)CCNC1(C(=O)OC)CCSC1. The molecular weight excluding hydrogens is 236 g/mol. The molecule has 0 aromatic carbocycles. The number of rotatable bonds is 7. The van der Waals surface area contributed by atoms with Gasteiger partial charge in [0, 0.05) is 18.8 Å². The van der Waals surface area contributed by atoms with Crippen molar-refractivity contribution in [1.29, 1.82) is 0 Å². The Balaban J connectivity index is 2.43. The number of likely N-dealkylation sites (N-methyl/N-ethyl adjacent to an activating group) is 1. The normalized spacial score (nSPS) is 24.2. The molecule has 0 radical (unpaired) electrons. The molecule has 1 N–H and O–H groups in total. The third-order valence-corrected chi connectivity index (χ3v) is 4.57. The van der Waals surface area contributed by atoms with Crippen molar-refractivity contribution in [1.82, 2.24) is 10.2 Å². The molecule has 1 saturated heterocycles. The van der Waals surface area contributed by atoms with Gasteiger partial charge in [0.05, 0.1) is 7.11 Å².